The lowest BCUT2D eigenvalue weighted by Crippen LogP contribution is -2.08. The Kier molecular flexibility index (Phi) is 8.94. The van der Waals surface area contributed by atoms with Gasteiger partial charge in [0.05, 0.1) is 26.7 Å². The van der Waals surface area contributed by atoms with Gasteiger partial charge in [0, 0.05) is 0 Å². The Labute approximate surface area is 178 Å². The first-order valence-corrected chi connectivity index (χ1v) is 9.80. The van der Waals surface area contributed by atoms with Crippen molar-refractivity contribution < 1.29 is 23.8 Å². The molecule has 6 heteroatoms. The maximum atomic E-state index is 12.2. The maximum Gasteiger partial charge on any atom is 0.341 e. The summed E-state index contributed by atoms with van der Waals surface area (Å²) in [6.07, 6.45) is 4.02. The fourth-order valence-electron chi connectivity index (χ4n) is 2.86. The summed E-state index contributed by atoms with van der Waals surface area (Å²) in [6, 6.07) is 11.5. The number of carbonyl (C=O) groups excluding carboxylic acids is 1. The maximum absolute atomic E-state index is 12.2. The third kappa shape index (κ3) is 6.11. The first-order chi connectivity index (χ1) is 14.5. The van der Waals surface area contributed by atoms with Crippen LogP contribution in [-0.2, 0) is 25.7 Å². The molecule has 0 aliphatic rings. The Morgan fingerprint density at radius 2 is 1.87 bits per heavy atom. The Morgan fingerprint density at radius 3 is 2.57 bits per heavy atom. The van der Waals surface area contributed by atoms with E-state index < -0.39 is 5.97 Å². The van der Waals surface area contributed by atoms with E-state index in [1.54, 1.807) is 6.21 Å². The average Bonchev–Trinajstić information content (AvgIpc) is 2.76. The van der Waals surface area contributed by atoms with Crippen molar-refractivity contribution in [3.8, 4) is 5.75 Å². The average molecular weight is 411 g/mol. The van der Waals surface area contributed by atoms with E-state index in [0.29, 0.717) is 24.4 Å². The summed E-state index contributed by atoms with van der Waals surface area (Å²) in [7, 11) is 2.83. The molecule has 0 bridgehead atoms. The topological polar surface area (TPSA) is 66.3 Å². The summed E-state index contributed by atoms with van der Waals surface area (Å²) in [5.41, 5.74) is 4.88. The van der Waals surface area contributed by atoms with Gasteiger partial charge in [0.25, 0.3) is 0 Å². The molecule has 0 saturated heterocycles. The molecule has 0 fully saturated rings. The van der Waals surface area contributed by atoms with Crippen molar-refractivity contribution in [3.05, 3.63) is 70.5 Å². The van der Waals surface area contributed by atoms with Crippen molar-refractivity contribution >= 4 is 17.8 Å². The zero-order valence-electron chi connectivity index (χ0n) is 18.2. The predicted octanol–water partition coefficient (Wildman–Crippen LogP) is 4.80. The van der Waals surface area contributed by atoms with E-state index in [1.807, 2.05) is 57.2 Å². The van der Waals surface area contributed by atoms with Gasteiger partial charge in [-0.2, -0.15) is 0 Å². The molecular weight excluding hydrogens is 382 g/mol. The van der Waals surface area contributed by atoms with Crippen LogP contribution in [0, 0.1) is 13.8 Å². The second-order valence-corrected chi connectivity index (χ2v) is 6.75. The van der Waals surface area contributed by atoms with Gasteiger partial charge in [-0.3, -0.25) is 0 Å². The van der Waals surface area contributed by atoms with Crippen molar-refractivity contribution in [2.75, 3.05) is 20.8 Å². The molecule has 0 aliphatic carbocycles. The number of nitrogens with zero attached hydrogens (tertiary/aromatic N) is 1. The van der Waals surface area contributed by atoms with Crippen molar-refractivity contribution in [2.45, 2.75) is 33.8 Å². The van der Waals surface area contributed by atoms with Gasteiger partial charge in [0.15, 0.2) is 0 Å². The van der Waals surface area contributed by atoms with E-state index in [2.05, 4.69) is 5.16 Å². The van der Waals surface area contributed by atoms with Crippen LogP contribution >= 0.6 is 0 Å². The predicted molar refractivity (Wildman–Crippen MR) is 118 cm³/mol. The van der Waals surface area contributed by atoms with Gasteiger partial charge in [-0.15, -0.1) is 0 Å². The molecule has 0 aromatic heterocycles. The van der Waals surface area contributed by atoms with Crippen LogP contribution in [-0.4, -0.2) is 33.0 Å². The summed E-state index contributed by atoms with van der Waals surface area (Å²) in [4.78, 5) is 17.3. The third-order valence-corrected chi connectivity index (χ3v) is 4.46. The molecule has 160 valence electrons. The molecule has 0 radical (unpaired) electrons. The molecule has 0 amide bonds. The number of esters is 1. The summed E-state index contributed by atoms with van der Waals surface area (Å²) < 4.78 is 16.0. The summed E-state index contributed by atoms with van der Waals surface area (Å²) >= 11 is 0. The number of hydrogen-bond acceptors (Lipinski definition) is 6. The zero-order chi connectivity index (χ0) is 21.9. The third-order valence-electron chi connectivity index (χ3n) is 4.46. The summed E-state index contributed by atoms with van der Waals surface area (Å²) in [6.45, 7) is 6.91. The molecule has 2 aromatic carbocycles. The highest BCUT2D eigenvalue weighted by Gasteiger charge is 2.17. The molecule has 0 N–H and O–H groups in total. The largest absolute Gasteiger partial charge is 0.503 e. The number of oxime groups is 1. The van der Waals surface area contributed by atoms with Crippen LogP contribution in [0.5, 0.6) is 5.75 Å². The lowest BCUT2D eigenvalue weighted by molar-refractivity contribution is -0.133. The lowest BCUT2D eigenvalue weighted by Gasteiger charge is -2.15. The van der Waals surface area contributed by atoms with E-state index >= 15 is 0 Å². The van der Waals surface area contributed by atoms with E-state index in [-0.39, 0.29) is 0 Å². The number of rotatable bonds is 10. The van der Waals surface area contributed by atoms with E-state index in [0.717, 1.165) is 34.4 Å². The minimum atomic E-state index is -0.467. The Morgan fingerprint density at radius 1 is 1.10 bits per heavy atom. The monoisotopic (exact) mass is 411 g/mol. The van der Waals surface area contributed by atoms with Gasteiger partial charge in [-0.05, 0) is 60.2 Å². The molecule has 2 aromatic rings. The standard InChI is InChI=1S/C24H29NO5/c1-6-11-30-25-14-20-12-18(3)23(13-17(20)2)29-15-19-9-7-8-10-21(19)22(16-27-4)24(26)28-5/h7-10,12-14,16H,6,11,15H2,1-5H3/b22-16-,25-14+. The smallest absolute Gasteiger partial charge is 0.341 e. The van der Waals surface area contributed by atoms with Crippen LogP contribution in [0.1, 0.15) is 41.2 Å². The van der Waals surface area contributed by atoms with Crippen LogP contribution in [0.2, 0.25) is 0 Å². The highest BCUT2D eigenvalue weighted by Crippen LogP contribution is 2.26. The number of hydrogen-bond donors (Lipinski definition) is 0. The fraction of sp³-hybridized carbons (Fsp3) is 0.333. The molecule has 0 atom stereocenters. The second kappa shape index (κ2) is 11.7. The van der Waals surface area contributed by atoms with Crippen molar-refractivity contribution in [2.24, 2.45) is 5.16 Å². The molecule has 0 aliphatic heterocycles. The number of benzene rings is 2. The first kappa shape index (κ1) is 23.0. The van der Waals surface area contributed by atoms with Crippen LogP contribution in [0.3, 0.4) is 0 Å². The SMILES string of the molecule is CCCO/N=C/c1cc(C)c(OCc2ccccc2/C(=C/OC)C(=O)OC)cc1C. The molecule has 0 heterocycles. The number of carbonyl (C=O) groups is 1. The zero-order valence-corrected chi connectivity index (χ0v) is 18.2. The van der Waals surface area contributed by atoms with Gasteiger partial charge in [0.2, 0.25) is 0 Å². The Hall–Kier alpha value is -3.28. The van der Waals surface area contributed by atoms with Crippen LogP contribution in [0.15, 0.2) is 47.8 Å². The van der Waals surface area contributed by atoms with Gasteiger partial charge >= 0.3 is 5.97 Å². The molecule has 30 heavy (non-hydrogen) atoms. The van der Waals surface area contributed by atoms with Gasteiger partial charge in [-0.1, -0.05) is 36.3 Å². The molecule has 0 spiro atoms. The van der Waals surface area contributed by atoms with Crippen LogP contribution in [0.25, 0.3) is 5.57 Å². The lowest BCUT2D eigenvalue weighted by atomic mass is 10.0. The molecular formula is C24H29NO5. The minimum absolute atomic E-state index is 0.293. The fourth-order valence-corrected chi connectivity index (χ4v) is 2.86. The normalized spacial score (nSPS) is 11.4. The second-order valence-electron chi connectivity index (χ2n) is 6.75. The van der Waals surface area contributed by atoms with Crippen molar-refractivity contribution in [1.82, 2.24) is 0 Å². The van der Waals surface area contributed by atoms with E-state index in [9.17, 15) is 4.79 Å². The number of aryl methyl sites for hydroxylation is 2. The molecule has 0 saturated carbocycles. The Bertz CT molecular complexity index is 918. The first-order valence-electron chi connectivity index (χ1n) is 9.80. The minimum Gasteiger partial charge on any atom is -0.503 e. The van der Waals surface area contributed by atoms with Gasteiger partial charge in [-0.25, -0.2) is 4.79 Å². The van der Waals surface area contributed by atoms with Crippen molar-refractivity contribution in [3.63, 3.8) is 0 Å². The van der Waals surface area contributed by atoms with E-state index in [4.69, 9.17) is 19.0 Å². The number of ether oxygens (including phenoxy) is 3. The van der Waals surface area contributed by atoms with Crippen molar-refractivity contribution in [1.29, 1.82) is 0 Å². The summed E-state index contributed by atoms with van der Waals surface area (Å²) in [5.74, 6) is 0.300. The number of methoxy groups -OCH3 is 2. The molecule has 2 rings (SSSR count). The highest BCUT2D eigenvalue weighted by molar-refractivity contribution is 6.16. The Balaban J connectivity index is 2.22. The molecule has 0 unspecified atom stereocenters. The highest BCUT2D eigenvalue weighted by atomic mass is 16.6. The van der Waals surface area contributed by atoms with Gasteiger partial charge in [0.1, 0.15) is 24.5 Å². The molecule has 6 nitrogen and oxygen atoms in total. The van der Waals surface area contributed by atoms with E-state index in [1.165, 1.54) is 20.5 Å². The van der Waals surface area contributed by atoms with Gasteiger partial charge < -0.3 is 19.0 Å². The van der Waals surface area contributed by atoms with Crippen LogP contribution in [0.4, 0.5) is 0 Å². The summed E-state index contributed by atoms with van der Waals surface area (Å²) in [5, 5.41) is 4.00. The quantitative estimate of drug-likeness (QED) is 0.140. The van der Waals surface area contributed by atoms with Crippen LogP contribution < -0.4 is 4.74 Å².